The fourth-order valence-corrected chi connectivity index (χ4v) is 2.29. The third-order valence-corrected chi connectivity index (χ3v) is 3.00. The van der Waals surface area contributed by atoms with Gasteiger partial charge in [-0.1, -0.05) is 0 Å². The van der Waals surface area contributed by atoms with Crippen molar-refractivity contribution in [1.82, 2.24) is 20.6 Å². The van der Waals surface area contributed by atoms with Crippen LogP contribution in [0.15, 0.2) is 12.3 Å². The first-order chi connectivity index (χ1) is 6.39. The van der Waals surface area contributed by atoms with Crippen LogP contribution in [0.3, 0.4) is 0 Å². The molecule has 0 aliphatic carbocycles. The molecule has 4 nitrogen and oxygen atoms in total. The maximum atomic E-state index is 4.19. The van der Waals surface area contributed by atoms with E-state index >= 15 is 0 Å². The normalized spacial score (nSPS) is 36.8. The van der Waals surface area contributed by atoms with Gasteiger partial charge in [-0.2, -0.15) is 0 Å². The van der Waals surface area contributed by atoms with Crippen LogP contribution in [-0.2, 0) is 5.54 Å². The minimum absolute atomic E-state index is 0.0596. The Hall–Kier alpha value is -1.00. The van der Waals surface area contributed by atoms with E-state index in [1.807, 2.05) is 6.07 Å². The molecule has 2 saturated heterocycles. The second-order valence-corrected chi connectivity index (χ2v) is 3.79. The Morgan fingerprint density at radius 1 is 1.62 bits per heavy atom. The highest BCUT2D eigenvalue weighted by Crippen LogP contribution is 2.33. The first kappa shape index (κ1) is 7.41. The van der Waals surface area contributed by atoms with Gasteiger partial charge in [0.05, 0.1) is 11.2 Å². The van der Waals surface area contributed by atoms with Crippen LogP contribution in [0.2, 0.25) is 0 Å². The zero-order valence-electron chi connectivity index (χ0n) is 7.25. The molecule has 0 saturated carbocycles. The van der Waals surface area contributed by atoms with Crippen molar-refractivity contribution in [2.24, 2.45) is 0 Å². The van der Waals surface area contributed by atoms with Crippen molar-refractivity contribution in [3.05, 3.63) is 24.3 Å². The molecule has 4 heteroatoms. The van der Waals surface area contributed by atoms with E-state index in [0.717, 1.165) is 25.2 Å². The van der Waals surface area contributed by atoms with Gasteiger partial charge in [-0.05, 0) is 12.5 Å². The molecule has 3 rings (SSSR count). The SMILES string of the molecule is [c]1nccc(C23CNC(CN2)C3)n1. The zero-order chi connectivity index (χ0) is 8.73. The fraction of sp³-hybridized carbons (Fsp3) is 0.556. The van der Waals surface area contributed by atoms with Gasteiger partial charge < -0.3 is 10.6 Å². The second kappa shape index (κ2) is 2.49. The maximum Gasteiger partial charge on any atom is 0.198 e. The summed E-state index contributed by atoms with van der Waals surface area (Å²) < 4.78 is 0. The highest BCUT2D eigenvalue weighted by Gasteiger charge is 2.46. The van der Waals surface area contributed by atoms with Gasteiger partial charge in [-0.25, -0.2) is 9.97 Å². The number of piperazine rings is 1. The summed E-state index contributed by atoms with van der Waals surface area (Å²) >= 11 is 0. The summed E-state index contributed by atoms with van der Waals surface area (Å²) in [6.07, 6.45) is 5.54. The molecule has 2 aliphatic rings. The zero-order valence-corrected chi connectivity index (χ0v) is 7.25. The Balaban J connectivity index is 2.00. The molecule has 1 radical (unpaired) electrons. The molecule has 2 bridgehead atoms. The van der Waals surface area contributed by atoms with E-state index in [0.29, 0.717) is 6.04 Å². The van der Waals surface area contributed by atoms with Crippen LogP contribution in [-0.4, -0.2) is 29.1 Å². The molecule has 0 spiro atoms. The van der Waals surface area contributed by atoms with E-state index in [-0.39, 0.29) is 5.54 Å². The molecule has 2 fully saturated rings. The van der Waals surface area contributed by atoms with E-state index in [9.17, 15) is 0 Å². The molecule has 1 aromatic heterocycles. The highest BCUT2D eigenvalue weighted by atomic mass is 15.2. The van der Waals surface area contributed by atoms with Crippen molar-refractivity contribution in [1.29, 1.82) is 0 Å². The number of rotatable bonds is 1. The molecule has 13 heavy (non-hydrogen) atoms. The molecule has 0 amide bonds. The summed E-state index contributed by atoms with van der Waals surface area (Å²) in [7, 11) is 0. The van der Waals surface area contributed by atoms with Crippen molar-refractivity contribution in [3.63, 3.8) is 0 Å². The van der Waals surface area contributed by atoms with Crippen molar-refractivity contribution in [2.45, 2.75) is 18.0 Å². The highest BCUT2D eigenvalue weighted by molar-refractivity contribution is 5.21. The van der Waals surface area contributed by atoms with Crippen molar-refractivity contribution in [3.8, 4) is 0 Å². The van der Waals surface area contributed by atoms with Crippen LogP contribution < -0.4 is 10.6 Å². The Morgan fingerprint density at radius 3 is 3.15 bits per heavy atom. The van der Waals surface area contributed by atoms with Gasteiger partial charge in [-0.3, -0.25) is 0 Å². The van der Waals surface area contributed by atoms with Crippen LogP contribution >= 0.6 is 0 Å². The number of nitrogens with one attached hydrogen (secondary N) is 2. The van der Waals surface area contributed by atoms with Crippen LogP contribution in [0.5, 0.6) is 0 Å². The standard InChI is InChI=1S/C9H11N4/c1-2-10-6-12-8(1)9-3-7(4-13-9)11-5-9/h1-2,7,11,13H,3-5H2. The van der Waals surface area contributed by atoms with E-state index in [1.165, 1.54) is 0 Å². The predicted octanol–water partition coefficient (Wildman–Crippen LogP) is -0.563. The van der Waals surface area contributed by atoms with Gasteiger partial charge >= 0.3 is 0 Å². The molecule has 2 N–H and O–H groups in total. The van der Waals surface area contributed by atoms with Gasteiger partial charge in [0.1, 0.15) is 0 Å². The summed E-state index contributed by atoms with van der Waals surface area (Å²) in [6.45, 7) is 2.02. The maximum absolute atomic E-state index is 4.19. The number of nitrogens with zero attached hydrogens (tertiary/aromatic N) is 2. The molecular weight excluding hydrogens is 164 g/mol. The van der Waals surface area contributed by atoms with Crippen LogP contribution in [0.1, 0.15) is 12.1 Å². The average molecular weight is 175 g/mol. The van der Waals surface area contributed by atoms with Gasteiger partial charge in [0, 0.05) is 25.3 Å². The summed E-state index contributed by atoms with van der Waals surface area (Å²) in [5.41, 5.74) is 1.12. The average Bonchev–Trinajstić information content (AvgIpc) is 2.80. The minimum atomic E-state index is 0.0596. The molecule has 3 heterocycles. The molecule has 2 aliphatic heterocycles. The Labute approximate surface area is 76.8 Å². The molecular formula is C9H11N4. The van der Waals surface area contributed by atoms with Gasteiger partial charge in [0.15, 0.2) is 6.33 Å². The monoisotopic (exact) mass is 175 g/mol. The minimum Gasteiger partial charge on any atom is -0.310 e. The first-order valence-corrected chi connectivity index (χ1v) is 4.57. The Bertz CT molecular complexity index is 303. The second-order valence-electron chi connectivity index (χ2n) is 3.79. The van der Waals surface area contributed by atoms with E-state index in [1.54, 1.807) is 6.20 Å². The number of hydrogen-bond acceptors (Lipinski definition) is 4. The lowest BCUT2D eigenvalue weighted by Crippen LogP contribution is -2.47. The van der Waals surface area contributed by atoms with Crippen LogP contribution in [0, 0.1) is 6.33 Å². The topological polar surface area (TPSA) is 49.8 Å². The Morgan fingerprint density at radius 2 is 2.62 bits per heavy atom. The summed E-state index contributed by atoms with van der Waals surface area (Å²) in [6, 6.07) is 2.59. The molecule has 1 aromatic rings. The molecule has 67 valence electrons. The van der Waals surface area contributed by atoms with Crippen molar-refractivity contribution >= 4 is 0 Å². The number of fused-ring (bicyclic) bond motifs is 2. The lowest BCUT2D eigenvalue weighted by atomic mass is 9.96. The summed E-state index contributed by atoms with van der Waals surface area (Å²) in [4.78, 5) is 8.00. The summed E-state index contributed by atoms with van der Waals surface area (Å²) in [5, 5.41) is 6.97. The lowest BCUT2D eigenvalue weighted by Gasteiger charge is -2.26. The quantitative estimate of drug-likeness (QED) is 0.600. The molecule has 0 aromatic carbocycles. The molecule has 2 atom stereocenters. The van der Waals surface area contributed by atoms with E-state index < -0.39 is 0 Å². The van der Waals surface area contributed by atoms with Crippen molar-refractivity contribution in [2.75, 3.05) is 13.1 Å². The molecule has 2 unspecified atom stereocenters. The predicted molar refractivity (Wildman–Crippen MR) is 47.0 cm³/mol. The lowest BCUT2D eigenvalue weighted by molar-refractivity contribution is 0.382. The van der Waals surface area contributed by atoms with Crippen LogP contribution in [0.4, 0.5) is 0 Å². The summed E-state index contributed by atoms with van der Waals surface area (Å²) in [5.74, 6) is 0. The number of hydrogen-bond donors (Lipinski definition) is 2. The van der Waals surface area contributed by atoms with Crippen molar-refractivity contribution < 1.29 is 0 Å². The third kappa shape index (κ3) is 0.990. The first-order valence-electron chi connectivity index (χ1n) is 4.57. The van der Waals surface area contributed by atoms with Gasteiger partial charge in [-0.15, -0.1) is 0 Å². The van der Waals surface area contributed by atoms with Gasteiger partial charge in [0.25, 0.3) is 0 Å². The fourth-order valence-electron chi connectivity index (χ4n) is 2.29. The van der Waals surface area contributed by atoms with Gasteiger partial charge in [0.2, 0.25) is 0 Å². The van der Waals surface area contributed by atoms with E-state index in [2.05, 4.69) is 26.9 Å². The Kier molecular flexibility index (Phi) is 1.42. The van der Waals surface area contributed by atoms with E-state index in [4.69, 9.17) is 0 Å². The largest absolute Gasteiger partial charge is 0.310 e. The smallest absolute Gasteiger partial charge is 0.198 e. The third-order valence-electron chi connectivity index (χ3n) is 3.00. The van der Waals surface area contributed by atoms with Crippen LogP contribution in [0.25, 0.3) is 0 Å². The number of aromatic nitrogens is 2.